The van der Waals surface area contributed by atoms with Crippen molar-refractivity contribution >= 4 is 41.5 Å². The Kier molecular flexibility index (Phi) is 8.22. The van der Waals surface area contributed by atoms with Gasteiger partial charge in [0.15, 0.2) is 5.96 Å². The lowest BCUT2D eigenvalue weighted by molar-refractivity contribution is -0.117. The third kappa shape index (κ3) is 5.47. The number of nitrogens with two attached hydrogens (primary N) is 1. The number of halogens is 1. The molecule has 6 heteroatoms. The molecular formula is C16H25IN4O. The Balaban J connectivity index is 0.00000242. The number of nitrogens with one attached hydrogen (secondary N) is 1. The fraction of sp³-hybridized carbons (Fsp3) is 0.500. The SMILES string of the molecule is CCCCNC(N)=NCc1ccc(N2CCCC2=O)cc1.I. The van der Waals surface area contributed by atoms with Crippen molar-refractivity contribution in [2.75, 3.05) is 18.0 Å². The first-order valence-electron chi connectivity index (χ1n) is 7.64. The third-order valence-corrected chi connectivity index (χ3v) is 3.59. The number of aliphatic imine (C=N–C) groups is 1. The molecule has 1 aromatic rings. The number of amides is 1. The van der Waals surface area contributed by atoms with Gasteiger partial charge < -0.3 is 16.0 Å². The second-order valence-corrected chi connectivity index (χ2v) is 5.30. The summed E-state index contributed by atoms with van der Waals surface area (Å²) in [6.45, 7) is 4.38. The van der Waals surface area contributed by atoms with E-state index in [1.54, 1.807) is 0 Å². The van der Waals surface area contributed by atoms with Gasteiger partial charge in [-0.25, -0.2) is 4.99 Å². The van der Waals surface area contributed by atoms with Crippen LogP contribution in [-0.2, 0) is 11.3 Å². The molecule has 1 fully saturated rings. The maximum absolute atomic E-state index is 11.7. The molecule has 5 nitrogen and oxygen atoms in total. The molecule has 0 bridgehead atoms. The van der Waals surface area contributed by atoms with Gasteiger partial charge in [-0.05, 0) is 30.5 Å². The van der Waals surface area contributed by atoms with Crippen LogP contribution in [0, 0.1) is 0 Å². The van der Waals surface area contributed by atoms with Crippen molar-refractivity contribution in [1.82, 2.24) is 5.32 Å². The first-order chi connectivity index (χ1) is 10.2. The quantitative estimate of drug-likeness (QED) is 0.324. The lowest BCUT2D eigenvalue weighted by Crippen LogP contribution is -2.32. The van der Waals surface area contributed by atoms with E-state index in [4.69, 9.17) is 5.73 Å². The van der Waals surface area contributed by atoms with Gasteiger partial charge in [-0.2, -0.15) is 0 Å². The summed E-state index contributed by atoms with van der Waals surface area (Å²) in [5.74, 6) is 0.701. The van der Waals surface area contributed by atoms with E-state index >= 15 is 0 Å². The molecule has 22 heavy (non-hydrogen) atoms. The molecule has 3 N–H and O–H groups in total. The minimum atomic E-state index is 0. The number of guanidine groups is 1. The zero-order valence-corrected chi connectivity index (χ0v) is 15.4. The van der Waals surface area contributed by atoms with E-state index in [1.165, 1.54) is 0 Å². The molecule has 1 amide bonds. The van der Waals surface area contributed by atoms with E-state index in [1.807, 2.05) is 29.2 Å². The minimum absolute atomic E-state index is 0. The standard InChI is InChI=1S/C16H24N4O.HI/c1-2-3-10-18-16(17)19-12-13-6-8-14(9-7-13)20-11-4-5-15(20)21;/h6-9H,2-5,10-12H2,1H3,(H3,17,18,19);1H. The highest BCUT2D eigenvalue weighted by Crippen LogP contribution is 2.21. The van der Waals surface area contributed by atoms with Gasteiger partial charge in [0.1, 0.15) is 0 Å². The third-order valence-electron chi connectivity index (χ3n) is 3.59. The molecule has 1 aromatic carbocycles. The molecule has 0 aromatic heterocycles. The molecule has 0 atom stereocenters. The monoisotopic (exact) mass is 416 g/mol. The van der Waals surface area contributed by atoms with Crippen LogP contribution in [-0.4, -0.2) is 25.0 Å². The number of carbonyl (C=O) groups is 1. The molecule has 1 aliphatic heterocycles. The summed E-state index contributed by atoms with van der Waals surface area (Å²) < 4.78 is 0. The average Bonchev–Trinajstić information content (AvgIpc) is 2.92. The van der Waals surface area contributed by atoms with E-state index in [0.29, 0.717) is 18.9 Å². The van der Waals surface area contributed by atoms with E-state index < -0.39 is 0 Å². The highest BCUT2D eigenvalue weighted by atomic mass is 127. The number of hydrogen-bond donors (Lipinski definition) is 2. The van der Waals surface area contributed by atoms with Crippen molar-refractivity contribution in [2.24, 2.45) is 10.7 Å². The van der Waals surface area contributed by atoms with Crippen LogP contribution >= 0.6 is 24.0 Å². The predicted molar refractivity (Wildman–Crippen MR) is 102 cm³/mol. The Labute approximate surface area is 149 Å². The van der Waals surface area contributed by atoms with Crippen LogP contribution in [0.15, 0.2) is 29.3 Å². The Morgan fingerprint density at radius 3 is 2.68 bits per heavy atom. The van der Waals surface area contributed by atoms with Crippen molar-refractivity contribution in [3.63, 3.8) is 0 Å². The Bertz CT molecular complexity index is 501. The summed E-state index contributed by atoms with van der Waals surface area (Å²) in [4.78, 5) is 17.8. The Morgan fingerprint density at radius 1 is 1.36 bits per heavy atom. The van der Waals surface area contributed by atoms with E-state index in [9.17, 15) is 4.79 Å². The molecule has 0 unspecified atom stereocenters. The maximum Gasteiger partial charge on any atom is 0.227 e. The van der Waals surface area contributed by atoms with Crippen LogP contribution in [0.2, 0.25) is 0 Å². The van der Waals surface area contributed by atoms with Crippen LogP contribution in [0.3, 0.4) is 0 Å². The lowest BCUT2D eigenvalue weighted by atomic mass is 10.2. The minimum Gasteiger partial charge on any atom is -0.370 e. The van der Waals surface area contributed by atoms with Gasteiger partial charge >= 0.3 is 0 Å². The van der Waals surface area contributed by atoms with Gasteiger partial charge in [-0.1, -0.05) is 25.5 Å². The normalized spacial score (nSPS) is 14.9. The van der Waals surface area contributed by atoms with Gasteiger partial charge in [-0.15, -0.1) is 24.0 Å². The molecular weight excluding hydrogens is 391 g/mol. The van der Waals surface area contributed by atoms with E-state index in [-0.39, 0.29) is 29.9 Å². The molecule has 1 aliphatic rings. The number of anilines is 1. The second-order valence-electron chi connectivity index (χ2n) is 5.30. The van der Waals surface area contributed by atoms with Crippen molar-refractivity contribution in [3.05, 3.63) is 29.8 Å². The van der Waals surface area contributed by atoms with Gasteiger partial charge in [0, 0.05) is 25.2 Å². The summed E-state index contributed by atoms with van der Waals surface area (Å²) in [6, 6.07) is 7.97. The van der Waals surface area contributed by atoms with Gasteiger partial charge in [-0.3, -0.25) is 4.79 Å². The number of carbonyl (C=O) groups excluding carboxylic acids is 1. The van der Waals surface area contributed by atoms with Crippen LogP contribution < -0.4 is 16.0 Å². The largest absolute Gasteiger partial charge is 0.370 e. The number of rotatable bonds is 6. The molecule has 122 valence electrons. The molecule has 2 rings (SSSR count). The zero-order valence-electron chi connectivity index (χ0n) is 13.0. The van der Waals surface area contributed by atoms with Crippen LogP contribution in [0.25, 0.3) is 0 Å². The molecule has 0 saturated carbocycles. The molecule has 1 heterocycles. The summed E-state index contributed by atoms with van der Waals surface area (Å²) in [5.41, 5.74) is 7.86. The number of nitrogens with zero attached hydrogens (tertiary/aromatic N) is 2. The second kappa shape index (κ2) is 9.66. The molecule has 0 radical (unpaired) electrons. The van der Waals surface area contributed by atoms with Gasteiger partial charge in [0.2, 0.25) is 5.91 Å². The Hall–Kier alpha value is -1.31. The molecule has 0 aliphatic carbocycles. The van der Waals surface area contributed by atoms with Crippen LogP contribution in [0.4, 0.5) is 5.69 Å². The topological polar surface area (TPSA) is 70.7 Å². The first kappa shape index (κ1) is 18.7. The van der Waals surface area contributed by atoms with Gasteiger partial charge in [0.05, 0.1) is 6.54 Å². The van der Waals surface area contributed by atoms with E-state index in [0.717, 1.165) is 43.6 Å². The molecule has 0 spiro atoms. The summed E-state index contributed by atoms with van der Waals surface area (Å²) in [7, 11) is 0. The highest BCUT2D eigenvalue weighted by molar-refractivity contribution is 14.0. The fourth-order valence-electron chi connectivity index (χ4n) is 2.33. The number of benzene rings is 1. The zero-order chi connectivity index (χ0) is 15.1. The summed E-state index contributed by atoms with van der Waals surface area (Å²) in [6.07, 6.45) is 3.84. The van der Waals surface area contributed by atoms with Crippen LogP contribution in [0.5, 0.6) is 0 Å². The smallest absolute Gasteiger partial charge is 0.227 e. The van der Waals surface area contributed by atoms with Crippen molar-refractivity contribution in [3.8, 4) is 0 Å². The number of hydrogen-bond acceptors (Lipinski definition) is 2. The molecule has 1 saturated heterocycles. The van der Waals surface area contributed by atoms with Crippen molar-refractivity contribution in [2.45, 2.75) is 39.2 Å². The first-order valence-corrected chi connectivity index (χ1v) is 7.64. The Morgan fingerprint density at radius 2 is 2.09 bits per heavy atom. The number of unbranched alkanes of at least 4 members (excludes halogenated alkanes) is 1. The van der Waals surface area contributed by atoms with Crippen LogP contribution in [0.1, 0.15) is 38.2 Å². The highest BCUT2D eigenvalue weighted by Gasteiger charge is 2.21. The maximum atomic E-state index is 11.7. The van der Waals surface area contributed by atoms with Crippen molar-refractivity contribution < 1.29 is 4.79 Å². The lowest BCUT2D eigenvalue weighted by Gasteiger charge is -2.15. The predicted octanol–water partition coefficient (Wildman–Crippen LogP) is 2.64. The fourth-order valence-corrected chi connectivity index (χ4v) is 2.33. The van der Waals surface area contributed by atoms with E-state index in [2.05, 4.69) is 17.2 Å². The summed E-state index contributed by atoms with van der Waals surface area (Å²) >= 11 is 0. The van der Waals surface area contributed by atoms with Gasteiger partial charge in [0.25, 0.3) is 0 Å². The van der Waals surface area contributed by atoms with Crippen molar-refractivity contribution in [1.29, 1.82) is 0 Å². The summed E-state index contributed by atoms with van der Waals surface area (Å²) in [5, 5.41) is 3.09. The average molecular weight is 416 g/mol.